The van der Waals surface area contributed by atoms with Gasteiger partial charge in [0.25, 0.3) is 10.3 Å². The molecular weight excluding hydrogens is 420 g/mol. The second kappa shape index (κ2) is 9.29. The van der Waals surface area contributed by atoms with E-state index in [-0.39, 0.29) is 58.7 Å². The molecule has 8 nitrogen and oxygen atoms in total. The van der Waals surface area contributed by atoms with Gasteiger partial charge in [-0.05, 0) is 49.4 Å². The van der Waals surface area contributed by atoms with E-state index in [0.29, 0.717) is 12.8 Å². The fourth-order valence-corrected chi connectivity index (χ4v) is 6.43. The van der Waals surface area contributed by atoms with Crippen molar-refractivity contribution in [2.75, 3.05) is 36.2 Å². The topological polar surface area (TPSA) is 111 Å². The van der Waals surface area contributed by atoms with E-state index in [9.17, 15) is 16.8 Å². The van der Waals surface area contributed by atoms with E-state index in [4.69, 9.17) is 33.9 Å². The summed E-state index contributed by atoms with van der Waals surface area (Å²) in [5.74, 6) is 0.496. The summed E-state index contributed by atoms with van der Waals surface area (Å²) >= 11 is 10.0. The molecule has 2 atom stereocenters. The van der Waals surface area contributed by atoms with Crippen LogP contribution in [0.25, 0.3) is 0 Å². The van der Waals surface area contributed by atoms with Crippen LogP contribution in [0.2, 0.25) is 0 Å². The molecular formula is C14H22N2O6S4. The molecule has 0 spiro atoms. The summed E-state index contributed by atoms with van der Waals surface area (Å²) in [4.78, 5) is 0. The summed E-state index contributed by atoms with van der Waals surface area (Å²) in [6.45, 7) is 0.436. The molecule has 0 saturated carbocycles. The van der Waals surface area contributed by atoms with Gasteiger partial charge < -0.3 is 20.1 Å². The maximum atomic E-state index is 11.4. The van der Waals surface area contributed by atoms with Gasteiger partial charge in [0, 0.05) is 12.1 Å². The summed E-state index contributed by atoms with van der Waals surface area (Å²) < 4.78 is 56.0. The first-order chi connectivity index (χ1) is 12.2. The first kappa shape index (κ1) is 21.3. The molecule has 2 rings (SSSR count). The van der Waals surface area contributed by atoms with E-state index in [0.717, 1.165) is 0 Å². The van der Waals surface area contributed by atoms with E-state index in [1.165, 1.54) is 0 Å². The number of sulfone groups is 2. The highest BCUT2D eigenvalue weighted by molar-refractivity contribution is 7.92. The number of rotatable bonds is 6. The van der Waals surface area contributed by atoms with Gasteiger partial charge >= 0.3 is 0 Å². The van der Waals surface area contributed by atoms with Crippen molar-refractivity contribution >= 4 is 54.5 Å². The molecule has 0 aromatic carbocycles. The first-order valence-electron chi connectivity index (χ1n) is 8.08. The van der Waals surface area contributed by atoms with Crippen LogP contribution in [0.3, 0.4) is 0 Å². The smallest absolute Gasteiger partial charge is 0.257 e. The molecule has 0 aliphatic carbocycles. The third-order valence-corrected chi connectivity index (χ3v) is 7.90. The Bertz CT molecular complexity index is 698. The zero-order valence-corrected chi connectivity index (χ0v) is 17.3. The molecule has 2 heterocycles. The molecule has 0 aromatic heterocycles. The molecule has 0 aromatic rings. The second-order valence-electron chi connectivity index (χ2n) is 6.16. The third-order valence-electron chi connectivity index (χ3n) is 3.90. The van der Waals surface area contributed by atoms with Crippen molar-refractivity contribution < 1.29 is 26.3 Å². The molecule has 148 valence electrons. The predicted octanol–water partition coefficient (Wildman–Crippen LogP) is -0.301. The van der Waals surface area contributed by atoms with Crippen molar-refractivity contribution in [2.24, 2.45) is 0 Å². The van der Waals surface area contributed by atoms with Gasteiger partial charge in [0.2, 0.25) is 0 Å². The summed E-state index contributed by atoms with van der Waals surface area (Å²) in [5.41, 5.74) is 0. The molecule has 2 N–H and O–H groups in total. The highest BCUT2D eigenvalue weighted by atomic mass is 32.2. The Morgan fingerprint density at radius 2 is 1.23 bits per heavy atom. The Morgan fingerprint density at radius 1 is 0.846 bits per heavy atom. The number of hydrogen-bond acceptors (Lipinski definition) is 8. The molecule has 2 aliphatic rings. The van der Waals surface area contributed by atoms with E-state index in [1.54, 1.807) is 12.2 Å². The van der Waals surface area contributed by atoms with Gasteiger partial charge in [-0.3, -0.25) is 0 Å². The number of hydrogen-bond donors (Lipinski definition) is 2. The first-order valence-corrected chi connectivity index (χ1v) is 12.5. The van der Waals surface area contributed by atoms with E-state index in [2.05, 4.69) is 10.6 Å². The Hall–Kier alpha value is -0.980. The number of nitrogens with one attached hydrogen (secondary N) is 2. The van der Waals surface area contributed by atoms with Gasteiger partial charge in [0.15, 0.2) is 19.7 Å². The zero-order chi connectivity index (χ0) is 19.2. The second-order valence-corrected chi connectivity index (χ2v) is 11.4. The van der Waals surface area contributed by atoms with Gasteiger partial charge in [-0.25, -0.2) is 16.8 Å². The summed E-state index contributed by atoms with van der Waals surface area (Å²) in [6.07, 6.45) is 4.45. The molecule has 2 fully saturated rings. The average molecular weight is 443 g/mol. The lowest BCUT2D eigenvalue weighted by Crippen LogP contribution is -2.36. The maximum absolute atomic E-state index is 11.4. The number of thiocarbonyl (C=S) groups is 2. The lowest BCUT2D eigenvalue weighted by atomic mass is 10.3. The van der Waals surface area contributed by atoms with Crippen LogP contribution in [0.1, 0.15) is 12.8 Å². The van der Waals surface area contributed by atoms with E-state index in [1.807, 2.05) is 0 Å². The van der Waals surface area contributed by atoms with Gasteiger partial charge in [0.05, 0.1) is 23.0 Å². The predicted molar refractivity (Wildman–Crippen MR) is 107 cm³/mol. The van der Waals surface area contributed by atoms with Crippen molar-refractivity contribution in [3.63, 3.8) is 0 Å². The van der Waals surface area contributed by atoms with Crippen LogP contribution < -0.4 is 10.6 Å². The Balaban J connectivity index is 1.54. The molecule has 0 bridgehead atoms. The van der Waals surface area contributed by atoms with Crippen LogP contribution in [0.4, 0.5) is 0 Å². The SMILES string of the molecule is O=S1(=O)CCC(NC(=S)OC/C=C/COC(=S)NC2CCS(=O)(=O)C2)C1. The minimum absolute atomic E-state index is 0.0763. The Labute approximate surface area is 164 Å². The van der Waals surface area contributed by atoms with Crippen molar-refractivity contribution in [1.29, 1.82) is 0 Å². The van der Waals surface area contributed by atoms with Crippen molar-refractivity contribution in [3.8, 4) is 0 Å². The van der Waals surface area contributed by atoms with E-state index >= 15 is 0 Å². The summed E-state index contributed by atoms with van der Waals surface area (Å²) in [6, 6.07) is -0.384. The molecule has 2 unspecified atom stereocenters. The van der Waals surface area contributed by atoms with Gasteiger partial charge in [0.1, 0.15) is 13.2 Å². The lowest BCUT2D eigenvalue weighted by Gasteiger charge is -2.13. The highest BCUT2D eigenvalue weighted by Crippen LogP contribution is 2.12. The highest BCUT2D eigenvalue weighted by Gasteiger charge is 2.29. The van der Waals surface area contributed by atoms with Crippen molar-refractivity contribution in [3.05, 3.63) is 12.2 Å². The number of ether oxygens (including phenoxy) is 2. The van der Waals surface area contributed by atoms with Crippen LogP contribution >= 0.6 is 24.4 Å². The van der Waals surface area contributed by atoms with Crippen LogP contribution in [0, 0.1) is 0 Å². The summed E-state index contributed by atoms with van der Waals surface area (Å²) in [7, 11) is -5.91. The molecule has 0 radical (unpaired) electrons. The fraction of sp³-hybridized carbons (Fsp3) is 0.714. The zero-order valence-electron chi connectivity index (χ0n) is 14.0. The quantitative estimate of drug-likeness (QED) is 0.420. The van der Waals surface area contributed by atoms with Crippen molar-refractivity contribution in [2.45, 2.75) is 24.9 Å². The van der Waals surface area contributed by atoms with Gasteiger partial charge in [-0.1, -0.05) is 0 Å². The van der Waals surface area contributed by atoms with Crippen LogP contribution in [0.15, 0.2) is 12.2 Å². The van der Waals surface area contributed by atoms with Gasteiger partial charge in [-0.15, -0.1) is 0 Å². The fourth-order valence-electron chi connectivity index (χ4n) is 2.62. The lowest BCUT2D eigenvalue weighted by molar-refractivity contribution is 0.324. The average Bonchev–Trinajstić information content (AvgIpc) is 3.04. The molecule has 2 aliphatic heterocycles. The van der Waals surface area contributed by atoms with Crippen LogP contribution in [-0.2, 0) is 29.1 Å². The standard InChI is InChI=1S/C14H22N2O6S4/c17-25(18)7-3-11(9-25)15-13(23)21-5-1-2-6-22-14(24)16-12-4-8-26(19,20)10-12/h1-2,11-12H,3-10H2,(H,15,23)(H,16,24)/b2-1+. The third kappa shape index (κ3) is 7.72. The van der Waals surface area contributed by atoms with Crippen LogP contribution in [-0.4, -0.2) is 75.5 Å². The maximum Gasteiger partial charge on any atom is 0.257 e. The Kier molecular flexibility index (Phi) is 7.62. The molecule has 2 saturated heterocycles. The molecule has 0 amide bonds. The summed E-state index contributed by atoms with van der Waals surface area (Å²) in [5, 5.41) is 6.08. The molecule has 12 heteroatoms. The van der Waals surface area contributed by atoms with Gasteiger partial charge in [-0.2, -0.15) is 0 Å². The minimum atomic E-state index is -2.96. The largest absolute Gasteiger partial charge is 0.467 e. The normalized spacial score (nSPS) is 26.5. The Morgan fingerprint density at radius 3 is 1.54 bits per heavy atom. The van der Waals surface area contributed by atoms with E-state index < -0.39 is 19.7 Å². The van der Waals surface area contributed by atoms with Crippen molar-refractivity contribution in [1.82, 2.24) is 10.6 Å². The monoisotopic (exact) mass is 442 g/mol. The minimum Gasteiger partial charge on any atom is -0.467 e. The van der Waals surface area contributed by atoms with Crippen LogP contribution in [0.5, 0.6) is 0 Å². The molecule has 26 heavy (non-hydrogen) atoms.